The lowest BCUT2D eigenvalue weighted by atomic mass is 9.85. The van der Waals surface area contributed by atoms with E-state index < -0.39 is 10.0 Å². The fraction of sp³-hybridized carbons (Fsp3) is 0.769. The minimum atomic E-state index is -3.45. The molecule has 6 nitrogen and oxygen atoms in total. The van der Waals surface area contributed by atoms with Gasteiger partial charge in [-0.3, -0.25) is 4.68 Å². The van der Waals surface area contributed by atoms with Crippen LogP contribution in [0.25, 0.3) is 0 Å². The Labute approximate surface area is 120 Å². The summed E-state index contributed by atoms with van der Waals surface area (Å²) < 4.78 is 28.3. The van der Waals surface area contributed by atoms with Gasteiger partial charge in [0.25, 0.3) is 0 Å². The molecule has 1 aromatic heterocycles. The maximum absolute atomic E-state index is 12.6. The fourth-order valence-electron chi connectivity index (χ4n) is 2.56. The zero-order valence-corrected chi connectivity index (χ0v) is 12.9. The number of hydrogen-bond donors (Lipinski definition) is 1. The Hall–Kier alpha value is -0.920. The second kappa shape index (κ2) is 5.83. The number of aromatic nitrogens is 2. The summed E-state index contributed by atoms with van der Waals surface area (Å²) >= 11 is 0. The van der Waals surface area contributed by atoms with Gasteiger partial charge >= 0.3 is 0 Å². The maximum Gasteiger partial charge on any atom is 0.246 e. The van der Waals surface area contributed by atoms with Crippen molar-refractivity contribution in [3.8, 4) is 0 Å². The Kier molecular flexibility index (Phi) is 4.51. The van der Waals surface area contributed by atoms with Crippen molar-refractivity contribution in [3.63, 3.8) is 0 Å². The summed E-state index contributed by atoms with van der Waals surface area (Å²) in [4.78, 5) is 0.244. The number of rotatable bonds is 5. The molecule has 0 spiro atoms. The number of aryl methyl sites for hydroxylation is 1. The van der Waals surface area contributed by atoms with Crippen LogP contribution in [0.3, 0.4) is 0 Å². The first-order valence-corrected chi connectivity index (χ1v) is 8.43. The Morgan fingerprint density at radius 1 is 1.45 bits per heavy atom. The molecule has 1 aromatic rings. The smallest absolute Gasteiger partial charge is 0.246 e. The van der Waals surface area contributed by atoms with Gasteiger partial charge in [-0.25, -0.2) is 8.42 Å². The lowest BCUT2D eigenvalue weighted by Gasteiger charge is -2.36. The summed E-state index contributed by atoms with van der Waals surface area (Å²) in [6.07, 6.45) is 5.46. The minimum Gasteiger partial charge on any atom is -0.396 e. The molecular weight excluding hydrogens is 278 g/mol. The second-order valence-corrected chi connectivity index (χ2v) is 8.06. The van der Waals surface area contributed by atoms with Crippen LogP contribution in [0.4, 0.5) is 0 Å². The highest BCUT2D eigenvalue weighted by Crippen LogP contribution is 2.31. The van der Waals surface area contributed by atoms with E-state index in [-0.39, 0.29) is 16.9 Å². The van der Waals surface area contributed by atoms with Crippen LogP contribution < -0.4 is 0 Å². The second-order valence-electron chi connectivity index (χ2n) is 6.12. The number of hydrogen-bond acceptors (Lipinski definition) is 4. The van der Waals surface area contributed by atoms with Crippen molar-refractivity contribution in [1.82, 2.24) is 14.1 Å². The zero-order chi connectivity index (χ0) is 14.8. The van der Waals surface area contributed by atoms with E-state index >= 15 is 0 Å². The first-order valence-electron chi connectivity index (χ1n) is 6.99. The highest BCUT2D eigenvalue weighted by Gasteiger charge is 2.34. The van der Waals surface area contributed by atoms with Crippen LogP contribution in [0.15, 0.2) is 17.3 Å². The Bertz CT molecular complexity index is 551. The van der Waals surface area contributed by atoms with E-state index in [9.17, 15) is 8.42 Å². The number of sulfonamides is 1. The Balaban J connectivity index is 2.15. The summed E-state index contributed by atoms with van der Waals surface area (Å²) in [5.41, 5.74) is 0.0260. The van der Waals surface area contributed by atoms with Gasteiger partial charge in [0.15, 0.2) is 0 Å². The van der Waals surface area contributed by atoms with Crippen LogP contribution in [0.1, 0.15) is 33.1 Å². The van der Waals surface area contributed by atoms with Gasteiger partial charge in [-0.05, 0) is 24.7 Å². The minimum absolute atomic E-state index is 0.0260. The average Bonchev–Trinajstić information content (AvgIpc) is 2.84. The summed E-state index contributed by atoms with van der Waals surface area (Å²) in [5.74, 6) is 0. The highest BCUT2D eigenvalue weighted by atomic mass is 32.2. The van der Waals surface area contributed by atoms with Crippen molar-refractivity contribution >= 4 is 10.0 Å². The highest BCUT2D eigenvalue weighted by molar-refractivity contribution is 7.89. The van der Waals surface area contributed by atoms with Crippen LogP contribution in [0.5, 0.6) is 0 Å². The van der Waals surface area contributed by atoms with E-state index in [0.717, 1.165) is 12.8 Å². The molecule has 0 radical (unpaired) electrons. The van der Waals surface area contributed by atoms with Gasteiger partial charge in [0.05, 0.1) is 6.20 Å². The van der Waals surface area contributed by atoms with Crippen molar-refractivity contribution in [2.24, 2.45) is 5.41 Å². The van der Waals surface area contributed by atoms with Gasteiger partial charge < -0.3 is 5.11 Å². The van der Waals surface area contributed by atoms with Gasteiger partial charge in [0.2, 0.25) is 10.0 Å². The summed E-state index contributed by atoms with van der Waals surface area (Å²) in [6.45, 7) is 5.92. The van der Waals surface area contributed by atoms with Crippen molar-refractivity contribution in [2.45, 2.75) is 44.6 Å². The van der Waals surface area contributed by atoms with Crippen LogP contribution in [-0.2, 0) is 16.6 Å². The van der Waals surface area contributed by atoms with E-state index in [4.69, 9.17) is 5.11 Å². The van der Waals surface area contributed by atoms with E-state index in [0.29, 0.717) is 26.1 Å². The Morgan fingerprint density at radius 3 is 2.85 bits per heavy atom. The Morgan fingerprint density at radius 2 is 2.20 bits per heavy atom. The average molecular weight is 301 g/mol. The van der Waals surface area contributed by atoms with E-state index in [1.165, 1.54) is 6.20 Å². The SMILES string of the molecule is CC1(C)CCCN(S(=O)(=O)c2cnn(CCCO)c2)C1. The first kappa shape index (κ1) is 15.5. The predicted molar refractivity (Wildman–Crippen MR) is 75.7 cm³/mol. The molecule has 0 bridgehead atoms. The fourth-order valence-corrected chi connectivity index (χ4v) is 4.18. The molecule has 2 rings (SSSR count). The van der Waals surface area contributed by atoms with Crippen LogP contribution in [0, 0.1) is 5.41 Å². The number of piperidine rings is 1. The van der Waals surface area contributed by atoms with Gasteiger partial charge in [-0.2, -0.15) is 9.40 Å². The van der Waals surface area contributed by atoms with Crippen LogP contribution in [0.2, 0.25) is 0 Å². The largest absolute Gasteiger partial charge is 0.396 e. The number of aliphatic hydroxyl groups is 1. The lowest BCUT2D eigenvalue weighted by Crippen LogP contribution is -2.43. The summed E-state index contributed by atoms with van der Waals surface area (Å²) in [5, 5.41) is 12.8. The number of aliphatic hydroxyl groups excluding tert-OH is 1. The maximum atomic E-state index is 12.6. The van der Waals surface area contributed by atoms with Crippen LogP contribution >= 0.6 is 0 Å². The van der Waals surface area contributed by atoms with Gasteiger partial charge in [0, 0.05) is 32.4 Å². The van der Waals surface area contributed by atoms with E-state index in [2.05, 4.69) is 18.9 Å². The van der Waals surface area contributed by atoms with Crippen molar-refractivity contribution in [1.29, 1.82) is 0 Å². The standard InChI is InChI=1S/C13H23N3O3S/c1-13(2)5-3-7-16(11-13)20(18,19)12-9-14-15(10-12)6-4-8-17/h9-10,17H,3-8,11H2,1-2H3. The normalized spacial score (nSPS) is 20.1. The van der Waals surface area contributed by atoms with Crippen LogP contribution in [-0.4, -0.2) is 47.3 Å². The molecule has 2 heterocycles. The van der Waals surface area contributed by atoms with Crippen molar-refractivity contribution < 1.29 is 13.5 Å². The topological polar surface area (TPSA) is 75.4 Å². The van der Waals surface area contributed by atoms with Crippen molar-refractivity contribution in [3.05, 3.63) is 12.4 Å². The molecule has 0 aromatic carbocycles. The summed E-state index contributed by atoms with van der Waals surface area (Å²) in [7, 11) is -3.45. The molecule has 0 saturated carbocycles. The third kappa shape index (κ3) is 3.39. The molecule has 114 valence electrons. The third-order valence-electron chi connectivity index (χ3n) is 3.66. The third-order valence-corrected chi connectivity index (χ3v) is 5.46. The zero-order valence-electron chi connectivity index (χ0n) is 12.1. The molecule has 1 saturated heterocycles. The van der Waals surface area contributed by atoms with Crippen molar-refractivity contribution in [2.75, 3.05) is 19.7 Å². The molecule has 0 atom stereocenters. The molecular formula is C13H23N3O3S. The summed E-state index contributed by atoms with van der Waals surface area (Å²) in [6, 6.07) is 0. The molecule has 0 amide bonds. The molecule has 0 unspecified atom stereocenters. The molecule has 1 aliphatic heterocycles. The quantitative estimate of drug-likeness (QED) is 0.883. The van der Waals surface area contributed by atoms with Gasteiger partial charge in [-0.1, -0.05) is 13.8 Å². The molecule has 1 N–H and O–H groups in total. The predicted octanol–water partition coefficient (Wildman–Crippen LogP) is 1.08. The first-order chi connectivity index (χ1) is 9.35. The molecule has 20 heavy (non-hydrogen) atoms. The molecule has 1 fully saturated rings. The van der Waals surface area contributed by atoms with E-state index in [1.807, 2.05) is 0 Å². The number of nitrogens with zero attached hydrogens (tertiary/aromatic N) is 3. The van der Waals surface area contributed by atoms with Gasteiger partial charge in [0.1, 0.15) is 4.90 Å². The monoisotopic (exact) mass is 301 g/mol. The van der Waals surface area contributed by atoms with Gasteiger partial charge in [-0.15, -0.1) is 0 Å². The van der Waals surface area contributed by atoms with E-state index in [1.54, 1.807) is 15.2 Å². The molecule has 7 heteroatoms. The molecule has 1 aliphatic rings. The molecule has 0 aliphatic carbocycles. The lowest BCUT2D eigenvalue weighted by molar-refractivity contribution is 0.187.